The number of rotatable bonds is 6. The van der Waals surface area contributed by atoms with Gasteiger partial charge in [0, 0.05) is 6.54 Å². The SMILES string of the molecule is CC1CCCN(CCCc2ccc(OC(C)C)c(N)c2)C1. The van der Waals surface area contributed by atoms with Crippen molar-refractivity contribution in [2.45, 2.75) is 52.6 Å². The standard InChI is InChI=1S/C18H30N2O/c1-14(2)21-18-9-8-16(12-17(18)19)7-5-11-20-10-4-6-15(3)13-20/h8-9,12,14-15H,4-7,10-11,13,19H2,1-3H3. The Balaban J connectivity index is 1.79. The predicted octanol–water partition coefficient (Wildman–Crippen LogP) is 3.72. The van der Waals surface area contributed by atoms with Crippen LogP contribution in [0.1, 0.15) is 45.6 Å². The lowest BCUT2D eigenvalue weighted by molar-refractivity contribution is 0.182. The first-order valence-electron chi connectivity index (χ1n) is 8.32. The summed E-state index contributed by atoms with van der Waals surface area (Å²) in [6, 6.07) is 6.22. The summed E-state index contributed by atoms with van der Waals surface area (Å²) in [6.07, 6.45) is 5.21. The number of anilines is 1. The topological polar surface area (TPSA) is 38.5 Å². The Labute approximate surface area is 129 Å². The van der Waals surface area contributed by atoms with E-state index in [1.807, 2.05) is 19.9 Å². The van der Waals surface area contributed by atoms with Gasteiger partial charge in [0.05, 0.1) is 11.8 Å². The molecule has 0 saturated carbocycles. The molecule has 0 aliphatic carbocycles. The number of hydrogen-bond donors (Lipinski definition) is 1. The van der Waals surface area contributed by atoms with Crippen LogP contribution in [0.15, 0.2) is 18.2 Å². The summed E-state index contributed by atoms with van der Waals surface area (Å²) < 4.78 is 5.68. The third-order valence-corrected chi connectivity index (χ3v) is 4.12. The summed E-state index contributed by atoms with van der Waals surface area (Å²) in [7, 11) is 0. The fourth-order valence-corrected chi connectivity index (χ4v) is 3.11. The van der Waals surface area contributed by atoms with E-state index in [0.29, 0.717) is 0 Å². The minimum absolute atomic E-state index is 0.166. The third kappa shape index (κ3) is 5.24. The van der Waals surface area contributed by atoms with E-state index in [1.54, 1.807) is 0 Å². The largest absolute Gasteiger partial charge is 0.489 e. The van der Waals surface area contributed by atoms with Crippen LogP contribution in [0.25, 0.3) is 0 Å². The molecule has 3 heteroatoms. The van der Waals surface area contributed by atoms with Crippen LogP contribution in [0.4, 0.5) is 5.69 Å². The number of nitrogen functional groups attached to an aromatic ring is 1. The van der Waals surface area contributed by atoms with Gasteiger partial charge in [-0.1, -0.05) is 13.0 Å². The van der Waals surface area contributed by atoms with Gasteiger partial charge >= 0.3 is 0 Å². The highest BCUT2D eigenvalue weighted by atomic mass is 16.5. The molecule has 3 nitrogen and oxygen atoms in total. The zero-order chi connectivity index (χ0) is 15.2. The molecule has 118 valence electrons. The minimum Gasteiger partial charge on any atom is -0.489 e. The Bertz CT molecular complexity index is 445. The van der Waals surface area contributed by atoms with Gasteiger partial charge in [0.15, 0.2) is 0 Å². The van der Waals surface area contributed by atoms with Crippen molar-refractivity contribution in [1.82, 2.24) is 4.90 Å². The first kappa shape index (κ1) is 16.2. The molecule has 1 aliphatic heterocycles. The quantitative estimate of drug-likeness (QED) is 0.812. The van der Waals surface area contributed by atoms with Gasteiger partial charge < -0.3 is 15.4 Å². The van der Waals surface area contributed by atoms with Crippen LogP contribution in [-0.2, 0) is 6.42 Å². The van der Waals surface area contributed by atoms with Crippen LogP contribution in [0.5, 0.6) is 5.75 Å². The third-order valence-electron chi connectivity index (χ3n) is 4.12. The second-order valence-electron chi connectivity index (χ2n) is 6.69. The van der Waals surface area contributed by atoms with Crippen LogP contribution >= 0.6 is 0 Å². The zero-order valence-electron chi connectivity index (χ0n) is 13.8. The molecule has 2 rings (SSSR count). The Morgan fingerprint density at radius 3 is 2.86 bits per heavy atom. The van der Waals surface area contributed by atoms with Crippen molar-refractivity contribution in [3.63, 3.8) is 0 Å². The lowest BCUT2D eigenvalue weighted by Gasteiger charge is -2.30. The maximum Gasteiger partial charge on any atom is 0.142 e. The van der Waals surface area contributed by atoms with E-state index in [-0.39, 0.29) is 6.10 Å². The molecule has 0 spiro atoms. The smallest absolute Gasteiger partial charge is 0.142 e. The van der Waals surface area contributed by atoms with Gasteiger partial charge in [-0.05, 0) is 76.2 Å². The normalized spacial score (nSPS) is 19.9. The monoisotopic (exact) mass is 290 g/mol. The molecule has 1 aliphatic rings. The molecule has 1 saturated heterocycles. The molecular formula is C18H30N2O. The van der Waals surface area contributed by atoms with Crippen LogP contribution < -0.4 is 10.5 Å². The summed E-state index contributed by atoms with van der Waals surface area (Å²) in [5, 5.41) is 0. The summed E-state index contributed by atoms with van der Waals surface area (Å²) in [5.41, 5.74) is 8.14. The first-order chi connectivity index (χ1) is 10.0. The molecule has 2 N–H and O–H groups in total. The number of nitrogens with two attached hydrogens (primary N) is 1. The average molecular weight is 290 g/mol. The molecule has 21 heavy (non-hydrogen) atoms. The summed E-state index contributed by atoms with van der Waals surface area (Å²) in [4.78, 5) is 2.60. The van der Waals surface area contributed by atoms with Crippen molar-refractivity contribution < 1.29 is 4.74 Å². The Morgan fingerprint density at radius 2 is 2.19 bits per heavy atom. The second kappa shape index (κ2) is 7.69. The number of benzene rings is 1. The van der Waals surface area contributed by atoms with Gasteiger partial charge in [0.25, 0.3) is 0 Å². The van der Waals surface area contributed by atoms with Crippen LogP contribution in [0.3, 0.4) is 0 Å². The van der Waals surface area contributed by atoms with Crippen molar-refractivity contribution in [3.05, 3.63) is 23.8 Å². The number of piperidine rings is 1. The van der Waals surface area contributed by atoms with E-state index in [9.17, 15) is 0 Å². The van der Waals surface area contributed by atoms with Gasteiger partial charge in [-0.3, -0.25) is 0 Å². The molecule has 0 aromatic heterocycles. The van der Waals surface area contributed by atoms with Crippen molar-refractivity contribution in [2.75, 3.05) is 25.4 Å². The zero-order valence-corrected chi connectivity index (χ0v) is 13.8. The van der Waals surface area contributed by atoms with E-state index in [1.165, 1.54) is 44.5 Å². The van der Waals surface area contributed by atoms with E-state index in [0.717, 1.165) is 23.8 Å². The lowest BCUT2D eigenvalue weighted by atomic mass is 10.00. The van der Waals surface area contributed by atoms with E-state index >= 15 is 0 Å². The van der Waals surface area contributed by atoms with Crippen LogP contribution in [0.2, 0.25) is 0 Å². The Hall–Kier alpha value is -1.22. The van der Waals surface area contributed by atoms with Crippen molar-refractivity contribution in [3.8, 4) is 5.75 Å². The molecule has 0 radical (unpaired) electrons. The molecule has 1 aromatic rings. The maximum atomic E-state index is 6.07. The van der Waals surface area contributed by atoms with Crippen LogP contribution in [0, 0.1) is 5.92 Å². The van der Waals surface area contributed by atoms with Gasteiger partial charge in [0.1, 0.15) is 5.75 Å². The Morgan fingerprint density at radius 1 is 1.38 bits per heavy atom. The number of ether oxygens (including phenoxy) is 1. The highest BCUT2D eigenvalue weighted by Crippen LogP contribution is 2.24. The van der Waals surface area contributed by atoms with Gasteiger partial charge in [-0.15, -0.1) is 0 Å². The van der Waals surface area contributed by atoms with E-state index < -0.39 is 0 Å². The predicted molar refractivity (Wildman–Crippen MR) is 89.8 cm³/mol. The second-order valence-corrected chi connectivity index (χ2v) is 6.69. The molecule has 1 heterocycles. The van der Waals surface area contributed by atoms with Crippen molar-refractivity contribution in [2.24, 2.45) is 5.92 Å². The van der Waals surface area contributed by atoms with E-state index in [2.05, 4.69) is 24.0 Å². The van der Waals surface area contributed by atoms with Gasteiger partial charge in [0.2, 0.25) is 0 Å². The first-order valence-corrected chi connectivity index (χ1v) is 8.32. The number of likely N-dealkylation sites (tertiary alicyclic amines) is 1. The number of aryl methyl sites for hydroxylation is 1. The van der Waals surface area contributed by atoms with Crippen LogP contribution in [-0.4, -0.2) is 30.6 Å². The molecule has 1 fully saturated rings. The highest BCUT2D eigenvalue weighted by Gasteiger charge is 2.15. The summed E-state index contributed by atoms with van der Waals surface area (Å²) in [5.74, 6) is 1.67. The van der Waals surface area contributed by atoms with Gasteiger partial charge in [-0.2, -0.15) is 0 Å². The van der Waals surface area contributed by atoms with Gasteiger partial charge in [-0.25, -0.2) is 0 Å². The molecular weight excluding hydrogens is 260 g/mol. The molecule has 0 bridgehead atoms. The maximum absolute atomic E-state index is 6.07. The van der Waals surface area contributed by atoms with E-state index in [4.69, 9.17) is 10.5 Å². The lowest BCUT2D eigenvalue weighted by Crippen LogP contribution is -2.35. The fourth-order valence-electron chi connectivity index (χ4n) is 3.11. The average Bonchev–Trinajstić information content (AvgIpc) is 2.41. The Kier molecular flexibility index (Phi) is 5.92. The minimum atomic E-state index is 0.166. The van der Waals surface area contributed by atoms with Crippen molar-refractivity contribution >= 4 is 5.69 Å². The highest BCUT2D eigenvalue weighted by molar-refractivity contribution is 5.54. The fraction of sp³-hybridized carbons (Fsp3) is 0.667. The molecule has 1 unspecified atom stereocenters. The summed E-state index contributed by atoms with van der Waals surface area (Å²) >= 11 is 0. The number of hydrogen-bond acceptors (Lipinski definition) is 3. The molecule has 1 atom stereocenters. The molecule has 1 aromatic carbocycles. The molecule has 0 amide bonds. The van der Waals surface area contributed by atoms with Crippen molar-refractivity contribution in [1.29, 1.82) is 0 Å². The number of nitrogens with zero attached hydrogens (tertiary/aromatic N) is 1. The summed E-state index contributed by atoms with van der Waals surface area (Å²) in [6.45, 7) is 10.1.